The molecule has 70 valence electrons. The summed E-state index contributed by atoms with van der Waals surface area (Å²) >= 11 is 0. The summed E-state index contributed by atoms with van der Waals surface area (Å²) in [6.07, 6.45) is 0.852. The van der Waals surface area contributed by atoms with Gasteiger partial charge in [0.05, 0.1) is 0 Å². The van der Waals surface area contributed by atoms with Crippen LogP contribution in [-0.2, 0) is 6.42 Å². The van der Waals surface area contributed by atoms with Crippen LogP contribution < -0.4 is 10.5 Å². The second-order valence-electron chi connectivity index (χ2n) is 2.91. The minimum atomic E-state index is -0.131. The molecule has 0 saturated carbocycles. The zero-order chi connectivity index (χ0) is 10.0. The summed E-state index contributed by atoms with van der Waals surface area (Å²) in [6.45, 7) is 3.81. The van der Waals surface area contributed by atoms with E-state index in [0.717, 1.165) is 22.4 Å². The molecule has 0 radical (unpaired) electrons. The molecule has 0 bridgehead atoms. The van der Waals surface area contributed by atoms with E-state index in [2.05, 4.69) is 0 Å². The van der Waals surface area contributed by atoms with Crippen LogP contribution in [0.4, 0.5) is 0 Å². The molecule has 0 aliphatic heterocycles. The lowest BCUT2D eigenvalue weighted by Crippen LogP contribution is -2.43. The van der Waals surface area contributed by atoms with Gasteiger partial charge in [-0.05, 0) is 12.5 Å². The Morgan fingerprint density at radius 1 is 1.62 bits per heavy atom. The Kier molecular flexibility index (Phi) is 2.51. The highest BCUT2D eigenvalue weighted by Crippen LogP contribution is 2.04. The standard InChI is InChI=1S/C9H14N3O/c1-3-7-4-5-8(9(10)11)12(13)6(7)2/h4-5,13H,3H2,1-2H3,(H3,10,11)/q+1. The molecule has 0 aliphatic rings. The van der Waals surface area contributed by atoms with Crippen molar-refractivity contribution in [2.45, 2.75) is 20.3 Å². The maximum absolute atomic E-state index is 9.58. The van der Waals surface area contributed by atoms with Crippen LogP contribution in [0.25, 0.3) is 0 Å². The third-order valence-electron chi connectivity index (χ3n) is 2.11. The average Bonchev–Trinajstić information content (AvgIpc) is 2.09. The van der Waals surface area contributed by atoms with Gasteiger partial charge in [-0.25, -0.2) is 0 Å². The van der Waals surface area contributed by atoms with Gasteiger partial charge in [-0.1, -0.05) is 6.92 Å². The van der Waals surface area contributed by atoms with E-state index in [1.54, 1.807) is 13.0 Å². The van der Waals surface area contributed by atoms with Gasteiger partial charge >= 0.3 is 0 Å². The quantitative estimate of drug-likeness (QED) is 0.266. The zero-order valence-electron chi connectivity index (χ0n) is 7.83. The predicted octanol–water partition coefficient (Wildman–Crippen LogP) is 0.366. The first-order valence-electron chi connectivity index (χ1n) is 4.16. The Bertz CT molecular complexity index is 347. The van der Waals surface area contributed by atoms with Crippen LogP contribution in [0.2, 0.25) is 0 Å². The van der Waals surface area contributed by atoms with Gasteiger partial charge in [0.25, 0.3) is 5.69 Å². The number of hydrogen-bond donors (Lipinski definition) is 3. The fourth-order valence-corrected chi connectivity index (χ4v) is 1.26. The molecule has 1 aromatic rings. The maximum Gasteiger partial charge on any atom is 0.298 e. The van der Waals surface area contributed by atoms with Crippen LogP contribution in [0, 0.1) is 12.3 Å². The Labute approximate surface area is 77.1 Å². The van der Waals surface area contributed by atoms with Crippen LogP contribution in [-0.4, -0.2) is 11.0 Å². The summed E-state index contributed by atoms with van der Waals surface area (Å²) in [4.78, 5) is 0. The lowest BCUT2D eigenvalue weighted by Gasteiger charge is -2.00. The Morgan fingerprint density at radius 2 is 2.23 bits per heavy atom. The number of rotatable bonds is 2. The summed E-state index contributed by atoms with van der Waals surface area (Å²) in [7, 11) is 0. The van der Waals surface area contributed by atoms with Gasteiger partial charge < -0.3 is 5.73 Å². The van der Waals surface area contributed by atoms with E-state index in [0.29, 0.717) is 5.69 Å². The summed E-state index contributed by atoms with van der Waals surface area (Å²) in [6, 6.07) is 3.52. The fraction of sp³-hybridized carbons (Fsp3) is 0.333. The second-order valence-corrected chi connectivity index (χ2v) is 2.91. The van der Waals surface area contributed by atoms with E-state index in [1.165, 1.54) is 0 Å². The van der Waals surface area contributed by atoms with Gasteiger partial charge in [0.15, 0.2) is 5.84 Å². The lowest BCUT2D eigenvalue weighted by molar-refractivity contribution is -0.909. The summed E-state index contributed by atoms with van der Waals surface area (Å²) < 4.78 is 0.959. The van der Waals surface area contributed by atoms with E-state index in [9.17, 15) is 5.21 Å². The van der Waals surface area contributed by atoms with Gasteiger partial charge in [0.2, 0.25) is 5.69 Å². The van der Waals surface area contributed by atoms with E-state index in [4.69, 9.17) is 11.1 Å². The highest BCUT2D eigenvalue weighted by molar-refractivity contribution is 5.91. The van der Waals surface area contributed by atoms with Crippen molar-refractivity contribution >= 4 is 5.84 Å². The number of nitrogens with two attached hydrogens (primary N) is 1. The number of nitrogen functional groups attached to an aromatic ring is 1. The Hall–Kier alpha value is -1.58. The molecular formula is C9H14N3O+. The molecular weight excluding hydrogens is 166 g/mol. The summed E-state index contributed by atoms with van der Waals surface area (Å²) in [5, 5.41) is 16.8. The van der Waals surface area contributed by atoms with Crippen LogP contribution in [0.15, 0.2) is 12.1 Å². The third-order valence-corrected chi connectivity index (χ3v) is 2.11. The molecule has 0 aromatic carbocycles. The smallest absolute Gasteiger partial charge is 0.298 e. The average molecular weight is 180 g/mol. The minimum Gasteiger partial charge on any atom is -0.378 e. The van der Waals surface area contributed by atoms with E-state index >= 15 is 0 Å². The number of nitrogens with one attached hydrogen (secondary N) is 1. The van der Waals surface area contributed by atoms with E-state index in [1.807, 2.05) is 13.0 Å². The molecule has 13 heavy (non-hydrogen) atoms. The molecule has 0 fully saturated rings. The number of pyridine rings is 1. The Morgan fingerprint density at radius 3 is 2.69 bits per heavy atom. The number of hydrogen-bond acceptors (Lipinski definition) is 2. The van der Waals surface area contributed by atoms with Crippen molar-refractivity contribution in [1.29, 1.82) is 5.41 Å². The van der Waals surface area contributed by atoms with Gasteiger partial charge in [-0.3, -0.25) is 10.6 Å². The molecule has 4 N–H and O–H groups in total. The molecule has 0 spiro atoms. The highest BCUT2D eigenvalue weighted by atomic mass is 16.5. The van der Waals surface area contributed by atoms with Crippen molar-refractivity contribution in [3.05, 3.63) is 29.1 Å². The van der Waals surface area contributed by atoms with Crippen molar-refractivity contribution in [1.82, 2.24) is 0 Å². The van der Waals surface area contributed by atoms with Crippen molar-refractivity contribution in [3.63, 3.8) is 0 Å². The number of aromatic nitrogens is 1. The van der Waals surface area contributed by atoms with Crippen molar-refractivity contribution < 1.29 is 9.94 Å². The number of aryl methyl sites for hydroxylation is 1. The van der Waals surface area contributed by atoms with Gasteiger partial charge in [-0.15, -0.1) is 0 Å². The van der Waals surface area contributed by atoms with Crippen molar-refractivity contribution in [2.24, 2.45) is 5.73 Å². The van der Waals surface area contributed by atoms with Crippen LogP contribution in [0.3, 0.4) is 0 Å². The number of nitrogens with zero attached hydrogens (tertiary/aromatic N) is 1. The second kappa shape index (κ2) is 3.43. The zero-order valence-corrected chi connectivity index (χ0v) is 7.83. The van der Waals surface area contributed by atoms with Gasteiger partial charge in [-0.2, -0.15) is 0 Å². The molecule has 4 nitrogen and oxygen atoms in total. The molecule has 0 aliphatic carbocycles. The topological polar surface area (TPSA) is 74.0 Å². The highest BCUT2D eigenvalue weighted by Gasteiger charge is 2.18. The molecule has 1 aromatic heterocycles. The van der Waals surface area contributed by atoms with Gasteiger partial charge in [0.1, 0.15) is 0 Å². The van der Waals surface area contributed by atoms with Crippen LogP contribution in [0.5, 0.6) is 0 Å². The predicted molar refractivity (Wildman–Crippen MR) is 49.0 cm³/mol. The summed E-state index contributed by atoms with van der Waals surface area (Å²) in [5.41, 5.74) is 7.39. The van der Waals surface area contributed by atoms with Crippen LogP contribution >= 0.6 is 0 Å². The normalized spacial score (nSPS) is 10.0. The largest absolute Gasteiger partial charge is 0.378 e. The molecule has 4 heteroatoms. The monoisotopic (exact) mass is 180 g/mol. The molecule has 0 amide bonds. The summed E-state index contributed by atoms with van der Waals surface area (Å²) in [5.74, 6) is -0.131. The first-order chi connectivity index (χ1) is 6.07. The van der Waals surface area contributed by atoms with E-state index in [-0.39, 0.29) is 5.84 Å². The molecule has 1 rings (SSSR count). The van der Waals surface area contributed by atoms with Crippen molar-refractivity contribution in [2.75, 3.05) is 0 Å². The van der Waals surface area contributed by atoms with Gasteiger partial charge in [0, 0.05) is 23.3 Å². The van der Waals surface area contributed by atoms with E-state index < -0.39 is 0 Å². The third kappa shape index (κ3) is 1.61. The first-order valence-corrected chi connectivity index (χ1v) is 4.16. The van der Waals surface area contributed by atoms with Crippen LogP contribution in [0.1, 0.15) is 23.9 Å². The molecule has 1 heterocycles. The Balaban J connectivity index is 3.31. The molecule has 0 atom stereocenters. The molecule has 0 unspecified atom stereocenters. The maximum atomic E-state index is 9.58. The fourth-order valence-electron chi connectivity index (χ4n) is 1.26. The SMILES string of the molecule is CCc1ccc(C(=N)N)[n+](O)c1C. The first kappa shape index (κ1) is 9.51. The number of amidine groups is 1. The minimum absolute atomic E-state index is 0.131. The lowest BCUT2D eigenvalue weighted by atomic mass is 10.1. The molecule has 0 saturated heterocycles. The van der Waals surface area contributed by atoms with Crippen molar-refractivity contribution in [3.8, 4) is 0 Å².